The molecular formula is C16H14ClF3N2OS. The minimum absolute atomic E-state index is 0.0946. The molecule has 2 N–H and O–H groups in total. The van der Waals surface area contributed by atoms with Crippen LogP contribution in [0.25, 0.3) is 0 Å². The summed E-state index contributed by atoms with van der Waals surface area (Å²) in [6.45, 7) is -1.17. The van der Waals surface area contributed by atoms with Gasteiger partial charge in [0.15, 0.2) is 0 Å². The van der Waals surface area contributed by atoms with E-state index in [1.54, 1.807) is 30.3 Å². The second kappa shape index (κ2) is 8.30. The molecule has 0 saturated heterocycles. The van der Waals surface area contributed by atoms with Crippen LogP contribution >= 0.6 is 23.4 Å². The summed E-state index contributed by atoms with van der Waals surface area (Å²) in [6, 6.07) is 13.3. The maximum Gasteiger partial charge on any atom is 0.405 e. The highest BCUT2D eigenvalue weighted by atomic mass is 35.5. The van der Waals surface area contributed by atoms with E-state index < -0.39 is 12.7 Å². The van der Waals surface area contributed by atoms with Crippen LogP contribution in [0.4, 0.5) is 24.5 Å². The zero-order chi connectivity index (χ0) is 17.6. The van der Waals surface area contributed by atoms with Gasteiger partial charge in [-0.15, -0.1) is 11.8 Å². The molecular weight excluding hydrogens is 361 g/mol. The van der Waals surface area contributed by atoms with E-state index in [2.05, 4.69) is 10.6 Å². The molecule has 0 fully saturated rings. The van der Waals surface area contributed by atoms with Crippen LogP contribution in [-0.2, 0) is 4.79 Å². The third kappa shape index (κ3) is 5.98. The molecule has 0 heterocycles. The third-order valence-corrected chi connectivity index (χ3v) is 4.39. The Morgan fingerprint density at radius 3 is 2.33 bits per heavy atom. The Bertz CT molecular complexity index is 710. The molecule has 0 aliphatic carbocycles. The number of benzene rings is 2. The van der Waals surface area contributed by atoms with E-state index in [1.165, 1.54) is 23.9 Å². The predicted octanol–water partition coefficient (Wildman–Crippen LogP) is 5.05. The first-order valence-corrected chi connectivity index (χ1v) is 8.28. The Morgan fingerprint density at radius 2 is 1.67 bits per heavy atom. The maximum atomic E-state index is 12.3. The first-order chi connectivity index (χ1) is 11.3. The molecule has 0 radical (unpaired) electrons. The molecule has 1 amide bonds. The largest absolute Gasteiger partial charge is 0.405 e. The summed E-state index contributed by atoms with van der Waals surface area (Å²) < 4.78 is 36.9. The number of rotatable bonds is 6. The monoisotopic (exact) mass is 374 g/mol. The zero-order valence-electron chi connectivity index (χ0n) is 12.4. The van der Waals surface area contributed by atoms with Crippen molar-refractivity contribution in [2.45, 2.75) is 11.1 Å². The van der Waals surface area contributed by atoms with Crippen molar-refractivity contribution in [3.63, 3.8) is 0 Å². The first-order valence-electron chi connectivity index (χ1n) is 6.92. The quantitative estimate of drug-likeness (QED) is 0.695. The molecule has 128 valence electrons. The Balaban J connectivity index is 1.95. The lowest BCUT2D eigenvalue weighted by Gasteiger charge is -2.14. The van der Waals surface area contributed by atoms with Crippen molar-refractivity contribution in [3.05, 3.63) is 53.6 Å². The van der Waals surface area contributed by atoms with Gasteiger partial charge in [0, 0.05) is 4.90 Å². The molecule has 0 aliphatic heterocycles. The first kappa shape index (κ1) is 18.5. The van der Waals surface area contributed by atoms with E-state index in [4.69, 9.17) is 11.6 Å². The van der Waals surface area contributed by atoms with Crippen molar-refractivity contribution < 1.29 is 18.0 Å². The lowest BCUT2D eigenvalue weighted by Crippen LogP contribution is -2.22. The van der Waals surface area contributed by atoms with Gasteiger partial charge < -0.3 is 10.6 Å². The summed E-state index contributed by atoms with van der Waals surface area (Å²) in [5.74, 6) is -0.238. The molecule has 0 aliphatic rings. The van der Waals surface area contributed by atoms with E-state index in [0.29, 0.717) is 10.7 Å². The van der Waals surface area contributed by atoms with Gasteiger partial charge in [-0.1, -0.05) is 35.9 Å². The molecule has 2 aromatic rings. The fourth-order valence-electron chi connectivity index (χ4n) is 1.83. The number of para-hydroxylation sites is 2. The van der Waals surface area contributed by atoms with Crippen molar-refractivity contribution in [2.75, 3.05) is 22.9 Å². The number of anilines is 2. The van der Waals surface area contributed by atoms with Crippen molar-refractivity contribution in [3.8, 4) is 0 Å². The van der Waals surface area contributed by atoms with E-state index in [9.17, 15) is 18.0 Å². The average molecular weight is 375 g/mol. The number of amides is 1. The van der Waals surface area contributed by atoms with Gasteiger partial charge in [0.1, 0.15) is 6.54 Å². The number of nitrogens with one attached hydrogen (secondary N) is 2. The molecule has 0 bridgehead atoms. The number of halogens is 4. The Labute approximate surface area is 146 Å². The van der Waals surface area contributed by atoms with Gasteiger partial charge in [-0.3, -0.25) is 4.79 Å². The standard InChI is InChI=1S/C16H14ClF3N2OS/c17-11-5-1-4-8-14(11)24-9-15(23)22-13-7-3-2-6-12(13)21-10-16(18,19)20/h1-8,21H,9-10H2,(H,22,23). The molecule has 0 saturated carbocycles. The van der Waals surface area contributed by atoms with Crippen LogP contribution in [0, 0.1) is 0 Å². The molecule has 2 aromatic carbocycles. The minimum Gasteiger partial charge on any atom is -0.375 e. The smallest absolute Gasteiger partial charge is 0.375 e. The zero-order valence-corrected chi connectivity index (χ0v) is 13.9. The van der Waals surface area contributed by atoms with Crippen LogP contribution in [0.3, 0.4) is 0 Å². The number of hydrogen-bond donors (Lipinski definition) is 2. The molecule has 3 nitrogen and oxygen atoms in total. The van der Waals surface area contributed by atoms with Crippen LogP contribution in [0.5, 0.6) is 0 Å². The van der Waals surface area contributed by atoms with E-state index in [0.717, 1.165) is 4.90 Å². The summed E-state index contributed by atoms with van der Waals surface area (Å²) >= 11 is 7.26. The maximum absolute atomic E-state index is 12.3. The van der Waals surface area contributed by atoms with Crippen LogP contribution < -0.4 is 10.6 Å². The molecule has 0 spiro atoms. The Hall–Kier alpha value is -1.86. The Kier molecular flexibility index (Phi) is 6.39. The SMILES string of the molecule is O=C(CSc1ccccc1Cl)Nc1ccccc1NCC(F)(F)F. The van der Waals surface area contributed by atoms with Crippen LogP contribution in [0.2, 0.25) is 5.02 Å². The summed E-state index contributed by atoms with van der Waals surface area (Å²) in [4.78, 5) is 12.8. The summed E-state index contributed by atoms with van der Waals surface area (Å²) in [5.41, 5.74) is 0.512. The number of thioether (sulfide) groups is 1. The summed E-state index contributed by atoms with van der Waals surface area (Å²) in [5, 5.41) is 5.42. The van der Waals surface area contributed by atoms with Crippen molar-refractivity contribution in [1.82, 2.24) is 0 Å². The fraction of sp³-hybridized carbons (Fsp3) is 0.188. The topological polar surface area (TPSA) is 41.1 Å². The molecule has 0 aromatic heterocycles. The van der Waals surface area contributed by atoms with Gasteiger partial charge >= 0.3 is 6.18 Å². The predicted molar refractivity (Wildman–Crippen MR) is 91.8 cm³/mol. The van der Waals surface area contributed by atoms with Gasteiger partial charge in [-0.25, -0.2) is 0 Å². The van der Waals surface area contributed by atoms with E-state index in [-0.39, 0.29) is 17.3 Å². The highest BCUT2D eigenvalue weighted by Gasteiger charge is 2.27. The highest BCUT2D eigenvalue weighted by molar-refractivity contribution is 8.00. The third-order valence-electron chi connectivity index (χ3n) is 2.88. The molecule has 2 rings (SSSR count). The number of hydrogen-bond acceptors (Lipinski definition) is 3. The average Bonchev–Trinajstić information content (AvgIpc) is 2.52. The second-order valence-electron chi connectivity index (χ2n) is 4.78. The van der Waals surface area contributed by atoms with Crippen molar-refractivity contribution in [1.29, 1.82) is 0 Å². The summed E-state index contributed by atoms with van der Waals surface area (Å²) in [7, 11) is 0. The number of carbonyl (C=O) groups is 1. The molecule has 8 heteroatoms. The van der Waals surface area contributed by atoms with Crippen LogP contribution in [0.1, 0.15) is 0 Å². The second-order valence-corrected chi connectivity index (χ2v) is 6.21. The fourth-order valence-corrected chi connectivity index (χ4v) is 2.87. The molecule has 0 atom stereocenters. The van der Waals surface area contributed by atoms with Crippen LogP contribution in [-0.4, -0.2) is 24.4 Å². The van der Waals surface area contributed by atoms with Gasteiger partial charge in [0.25, 0.3) is 0 Å². The van der Waals surface area contributed by atoms with E-state index >= 15 is 0 Å². The van der Waals surface area contributed by atoms with E-state index in [1.807, 2.05) is 6.07 Å². The highest BCUT2D eigenvalue weighted by Crippen LogP contribution is 2.27. The lowest BCUT2D eigenvalue weighted by atomic mass is 10.2. The van der Waals surface area contributed by atoms with Crippen molar-refractivity contribution >= 4 is 40.6 Å². The normalized spacial score (nSPS) is 11.2. The summed E-state index contributed by atoms with van der Waals surface area (Å²) in [6.07, 6.45) is -4.34. The molecule has 0 unspecified atom stereocenters. The van der Waals surface area contributed by atoms with Crippen molar-refractivity contribution in [2.24, 2.45) is 0 Å². The molecule has 24 heavy (non-hydrogen) atoms. The van der Waals surface area contributed by atoms with Gasteiger partial charge in [-0.2, -0.15) is 13.2 Å². The van der Waals surface area contributed by atoms with Gasteiger partial charge in [-0.05, 0) is 24.3 Å². The number of carbonyl (C=O) groups excluding carboxylic acids is 1. The van der Waals surface area contributed by atoms with Gasteiger partial charge in [0.2, 0.25) is 5.91 Å². The minimum atomic E-state index is -4.34. The lowest BCUT2D eigenvalue weighted by molar-refractivity contribution is -0.115. The van der Waals surface area contributed by atoms with Gasteiger partial charge in [0.05, 0.1) is 22.2 Å². The number of alkyl halides is 3. The van der Waals surface area contributed by atoms with Crippen LogP contribution in [0.15, 0.2) is 53.4 Å². The Morgan fingerprint density at radius 1 is 1.04 bits per heavy atom.